The molecule has 1 aliphatic carbocycles. The van der Waals surface area contributed by atoms with Crippen LogP contribution in [0.25, 0.3) is 0 Å². The Balaban J connectivity index is 2.17. The summed E-state index contributed by atoms with van der Waals surface area (Å²) in [5, 5.41) is 0. The second-order valence-corrected chi connectivity index (χ2v) is 8.44. The number of amides is 2. The SMILES string of the molecule is CCN(CC)C(=O)C1(C(=O)N(CC)C2CCS(=O)(=O)C2)CC1. The number of nitrogens with zero attached hydrogens (tertiary/aromatic N) is 2. The zero-order chi connectivity index (χ0) is 16.5. The third-order valence-corrected chi connectivity index (χ3v) is 6.62. The molecule has 0 radical (unpaired) electrons. The summed E-state index contributed by atoms with van der Waals surface area (Å²) in [6, 6.07) is -0.274. The molecule has 0 N–H and O–H groups in total. The van der Waals surface area contributed by atoms with Crippen molar-refractivity contribution in [3.63, 3.8) is 0 Å². The molecule has 1 aliphatic heterocycles. The Morgan fingerprint density at radius 1 is 1.05 bits per heavy atom. The highest BCUT2D eigenvalue weighted by atomic mass is 32.2. The maximum atomic E-state index is 12.9. The Hall–Kier alpha value is -1.11. The molecule has 126 valence electrons. The normalized spacial score (nSPS) is 24.8. The van der Waals surface area contributed by atoms with Crippen LogP contribution in [-0.4, -0.2) is 67.2 Å². The molecule has 2 fully saturated rings. The molecule has 1 heterocycles. The standard InChI is InChI=1S/C15H26N2O4S/c1-4-16(5-2)13(18)15(8-9-15)14(19)17(6-3)12-7-10-22(20,21)11-12/h12H,4-11H2,1-3H3. The molecule has 2 amide bonds. The molecule has 0 aromatic carbocycles. The first-order valence-corrected chi connectivity index (χ1v) is 9.94. The van der Waals surface area contributed by atoms with Crippen molar-refractivity contribution in [1.29, 1.82) is 0 Å². The van der Waals surface area contributed by atoms with E-state index in [0.717, 1.165) is 0 Å². The minimum absolute atomic E-state index is 0.0299. The average molecular weight is 330 g/mol. The van der Waals surface area contributed by atoms with E-state index in [4.69, 9.17) is 0 Å². The van der Waals surface area contributed by atoms with Crippen LogP contribution in [0.5, 0.6) is 0 Å². The van der Waals surface area contributed by atoms with Crippen molar-refractivity contribution in [2.75, 3.05) is 31.1 Å². The van der Waals surface area contributed by atoms with Crippen molar-refractivity contribution in [3.8, 4) is 0 Å². The summed E-state index contributed by atoms with van der Waals surface area (Å²) in [5.74, 6) is -0.101. The Kier molecular flexibility index (Phi) is 4.84. The third-order valence-electron chi connectivity index (χ3n) is 4.87. The van der Waals surface area contributed by atoms with Gasteiger partial charge in [-0.2, -0.15) is 0 Å². The molecule has 1 saturated carbocycles. The van der Waals surface area contributed by atoms with Crippen molar-refractivity contribution in [3.05, 3.63) is 0 Å². The smallest absolute Gasteiger partial charge is 0.238 e. The van der Waals surface area contributed by atoms with Crippen LogP contribution in [-0.2, 0) is 19.4 Å². The van der Waals surface area contributed by atoms with E-state index in [1.807, 2.05) is 20.8 Å². The lowest BCUT2D eigenvalue weighted by Crippen LogP contribution is -2.50. The fraction of sp³-hybridized carbons (Fsp3) is 0.867. The number of hydrogen-bond donors (Lipinski definition) is 0. The van der Waals surface area contributed by atoms with Crippen LogP contribution in [0.4, 0.5) is 0 Å². The molecule has 2 aliphatic rings. The number of rotatable bonds is 6. The Labute approximate surface area is 132 Å². The molecule has 1 unspecified atom stereocenters. The first-order chi connectivity index (χ1) is 10.3. The van der Waals surface area contributed by atoms with Gasteiger partial charge in [0.25, 0.3) is 0 Å². The molecule has 0 aromatic heterocycles. The van der Waals surface area contributed by atoms with E-state index >= 15 is 0 Å². The summed E-state index contributed by atoms with van der Waals surface area (Å²) in [7, 11) is -3.04. The van der Waals surface area contributed by atoms with Gasteiger partial charge in [0.1, 0.15) is 5.41 Å². The van der Waals surface area contributed by atoms with E-state index < -0.39 is 15.3 Å². The quantitative estimate of drug-likeness (QED) is 0.671. The van der Waals surface area contributed by atoms with Crippen LogP contribution in [0.2, 0.25) is 0 Å². The molecular formula is C15H26N2O4S. The van der Waals surface area contributed by atoms with Gasteiger partial charge in [0.15, 0.2) is 9.84 Å². The Morgan fingerprint density at radius 3 is 2.00 bits per heavy atom. The lowest BCUT2D eigenvalue weighted by molar-refractivity contribution is -0.150. The minimum Gasteiger partial charge on any atom is -0.342 e. The lowest BCUT2D eigenvalue weighted by atomic mass is 10.0. The van der Waals surface area contributed by atoms with Crippen LogP contribution in [0.3, 0.4) is 0 Å². The molecule has 22 heavy (non-hydrogen) atoms. The van der Waals surface area contributed by atoms with E-state index in [2.05, 4.69) is 0 Å². The van der Waals surface area contributed by atoms with Crippen molar-refractivity contribution in [1.82, 2.24) is 9.80 Å². The Morgan fingerprint density at radius 2 is 1.64 bits per heavy atom. The third kappa shape index (κ3) is 3.00. The van der Waals surface area contributed by atoms with Gasteiger partial charge in [-0.25, -0.2) is 8.42 Å². The van der Waals surface area contributed by atoms with Crippen LogP contribution >= 0.6 is 0 Å². The summed E-state index contributed by atoms with van der Waals surface area (Å²) in [6.45, 7) is 7.29. The molecule has 2 rings (SSSR count). The van der Waals surface area contributed by atoms with E-state index in [1.165, 1.54) is 0 Å². The minimum atomic E-state index is -3.04. The zero-order valence-electron chi connectivity index (χ0n) is 13.7. The van der Waals surface area contributed by atoms with Gasteiger partial charge in [0, 0.05) is 25.7 Å². The van der Waals surface area contributed by atoms with Crippen molar-refractivity contribution in [2.45, 2.75) is 46.1 Å². The topological polar surface area (TPSA) is 74.8 Å². The molecule has 6 nitrogen and oxygen atoms in total. The number of carbonyl (C=O) groups is 2. The first-order valence-electron chi connectivity index (χ1n) is 8.12. The monoisotopic (exact) mass is 330 g/mol. The number of sulfone groups is 1. The first kappa shape index (κ1) is 17.2. The van der Waals surface area contributed by atoms with Gasteiger partial charge in [-0.3, -0.25) is 9.59 Å². The van der Waals surface area contributed by atoms with E-state index in [0.29, 0.717) is 38.9 Å². The van der Waals surface area contributed by atoms with E-state index in [9.17, 15) is 18.0 Å². The predicted octanol–water partition coefficient (Wildman–Crippen LogP) is 0.671. The highest BCUT2D eigenvalue weighted by Gasteiger charge is 2.59. The molecule has 7 heteroatoms. The predicted molar refractivity (Wildman–Crippen MR) is 84.0 cm³/mol. The van der Waals surface area contributed by atoms with Crippen LogP contribution in [0.15, 0.2) is 0 Å². The number of hydrogen-bond acceptors (Lipinski definition) is 4. The second-order valence-electron chi connectivity index (χ2n) is 6.21. The second kappa shape index (κ2) is 6.18. The van der Waals surface area contributed by atoms with Gasteiger partial charge in [-0.05, 0) is 40.0 Å². The fourth-order valence-electron chi connectivity index (χ4n) is 3.32. The van der Waals surface area contributed by atoms with Gasteiger partial charge in [0.2, 0.25) is 11.8 Å². The summed E-state index contributed by atoms with van der Waals surface area (Å²) >= 11 is 0. The summed E-state index contributed by atoms with van der Waals surface area (Å²) < 4.78 is 23.3. The Bertz CT molecular complexity index is 550. The summed E-state index contributed by atoms with van der Waals surface area (Å²) in [5.41, 5.74) is -0.922. The highest BCUT2D eigenvalue weighted by Crippen LogP contribution is 2.49. The van der Waals surface area contributed by atoms with E-state index in [-0.39, 0.29) is 29.4 Å². The fourth-order valence-corrected chi connectivity index (χ4v) is 5.05. The van der Waals surface area contributed by atoms with Gasteiger partial charge < -0.3 is 9.80 Å². The maximum Gasteiger partial charge on any atom is 0.238 e. The zero-order valence-corrected chi connectivity index (χ0v) is 14.5. The van der Waals surface area contributed by atoms with E-state index in [1.54, 1.807) is 9.80 Å². The molecule has 0 aromatic rings. The highest BCUT2D eigenvalue weighted by molar-refractivity contribution is 7.91. The van der Waals surface area contributed by atoms with Crippen molar-refractivity contribution < 1.29 is 18.0 Å². The van der Waals surface area contributed by atoms with Gasteiger partial charge >= 0.3 is 0 Å². The molecule has 0 spiro atoms. The lowest BCUT2D eigenvalue weighted by Gasteiger charge is -2.32. The van der Waals surface area contributed by atoms with Crippen molar-refractivity contribution in [2.24, 2.45) is 5.41 Å². The maximum absolute atomic E-state index is 12.9. The van der Waals surface area contributed by atoms with Gasteiger partial charge in [-0.1, -0.05) is 0 Å². The van der Waals surface area contributed by atoms with Crippen LogP contribution < -0.4 is 0 Å². The summed E-state index contributed by atoms with van der Waals surface area (Å²) in [6.07, 6.45) is 1.64. The molecule has 1 atom stereocenters. The molecule has 1 saturated heterocycles. The van der Waals surface area contributed by atoms with Crippen LogP contribution in [0, 0.1) is 5.41 Å². The summed E-state index contributed by atoms with van der Waals surface area (Å²) in [4.78, 5) is 28.9. The van der Waals surface area contributed by atoms with Crippen LogP contribution in [0.1, 0.15) is 40.0 Å². The van der Waals surface area contributed by atoms with Gasteiger partial charge in [0.05, 0.1) is 11.5 Å². The largest absolute Gasteiger partial charge is 0.342 e. The van der Waals surface area contributed by atoms with Crippen molar-refractivity contribution >= 4 is 21.7 Å². The number of carbonyl (C=O) groups excluding carboxylic acids is 2. The van der Waals surface area contributed by atoms with Gasteiger partial charge in [-0.15, -0.1) is 0 Å². The average Bonchev–Trinajstić information content (AvgIpc) is 3.21. The molecule has 0 bridgehead atoms. The molecular weight excluding hydrogens is 304 g/mol.